The lowest BCUT2D eigenvalue weighted by Gasteiger charge is -2.53. The standard InChI is InChI=1S/C20H28O4/c1-6-11(2)18(21)23-16-8-7-12(3)20(5)10-14-13(4)19(22)24-17(14)9-15(16)20/h6,12,15-17H,7-10H2,1-5H3/b11-6-/t12-,15-,16-,17-,20+/m0/s1. The zero-order valence-electron chi connectivity index (χ0n) is 15.3. The van der Waals surface area contributed by atoms with Crippen LogP contribution in [0.4, 0.5) is 0 Å². The molecule has 0 amide bonds. The Hall–Kier alpha value is -1.58. The molecule has 0 radical (unpaired) electrons. The van der Waals surface area contributed by atoms with Crippen LogP contribution in [0.2, 0.25) is 0 Å². The normalized spacial score (nSPS) is 39.2. The van der Waals surface area contributed by atoms with Gasteiger partial charge in [0.25, 0.3) is 0 Å². The van der Waals surface area contributed by atoms with Gasteiger partial charge in [0, 0.05) is 17.1 Å². The molecule has 2 fully saturated rings. The second-order valence-corrected chi connectivity index (χ2v) is 7.96. The van der Waals surface area contributed by atoms with Gasteiger partial charge in [-0.1, -0.05) is 19.9 Å². The minimum atomic E-state index is -0.222. The third-order valence-electron chi connectivity index (χ3n) is 6.78. The fraction of sp³-hybridized carbons (Fsp3) is 0.700. The predicted molar refractivity (Wildman–Crippen MR) is 91.1 cm³/mol. The average Bonchev–Trinajstić information content (AvgIpc) is 2.82. The fourth-order valence-electron chi connectivity index (χ4n) is 4.69. The summed E-state index contributed by atoms with van der Waals surface area (Å²) < 4.78 is 11.4. The number of ether oxygens (including phenoxy) is 2. The molecule has 0 aromatic heterocycles. The van der Waals surface area contributed by atoms with Crippen molar-refractivity contribution in [2.24, 2.45) is 17.3 Å². The number of carbonyl (C=O) groups is 2. The van der Waals surface area contributed by atoms with Crippen LogP contribution >= 0.6 is 0 Å². The molecule has 0 unspecified atom stereocenters. The van der Waals surface area contributed by atoms with Crippen LogP contribution in [0.15, 0.2) is 22.8 Å². The van der Waals surface area contributed by atoms with Gasteiger partial charge in [-0.2, -0.15) is 0 Å². The molecular formula is C20H28O4. The van der Waals surface area contributed by atoms with Crippen LogP contribution in [0.25, 0.3) is 0 Å². The van der Waals surface area contributed by atoms with Gasteiger partial charge >= 0.3 is 11.9 Å². The monoisotopic (exact) mass is 332 g/mol. The maximum Gasteiger partial charge on any atom is 0.334 e. The number of hydrogen-bond acceptors (Lipinski definition) is 4. The zero-order valence-corrected chi connectivity index (χ0v) is 15.3. The van der Waals surface area contributed by atoms with E-state index in [0.29, 0.717) is 11.5 Å². The number of allylic oxidation sites excluding steroid dienone is 1. The van der Waals surface area contributed by atoms with Crippen molar-refractivity contribution in [2.45, 2.75) is 72.5 Å². The molecular weight excluding hydrogens is 304 g/mol. The van der Waals surface area contributed by atoms with Crippen molar-refractivity contribution in [2.75, 3.05) is 0 Å². The molecule has 1 aliphatic heterocycles. The topological polar surface area (TPSA) is 52.6 Å². The fourth-order valence-corrected chi connectivity index (χ4v) is 4.69. The maximum absolute atomic E-state index is 12.2. The van der Waals surface area contributed by atoms with Crippen LogP contribution < -0.4 is 0 Å². The van der Waals surface area contributed by atoms with Gasteiger partial charge in [-0.25, -0.2) is 9.59 Å². The van der Waals surface area contributed by atoms with Gasteiger partial charge in [0.05, 0.1) is 0 Å². The van der Waals surface area contributed by atoms with Gasteiger partial charge in [-0.3, -0.25) is 0 Å². The Morgan fingerprint density at radius 1 is 1.38 bits per heavy atom. The molecule has 0 aromatic rings. The van der Waals surface area contributed by atoms with Gasteiger partial charge in [-0.05, 0) is 63.4 Å². The molecule has 0 N–H and O–H groups in total. The summed E-state index contributed by atoms with van der Waals surface area (Å²) in [5.41, 5.74) is 2.65. The molecule has 0 bridgehead atoms. The van der Waals surface area contributed by atoms with Crippen LogP contribution in [0.3, 0.4) is 0 Å². The molecule has 0 spiro atoms. The number of fused-ring (bicyclic) bond motifs is 2. The Morgan fingerprint density at radius 3 is 2.75 bits per heavy atom. The third kappa shape index (κ3) is 2.60. The van der Waals surface area contributed by atoms with E-state index in [4.69, 9.17) is 9.47 Å². The summed E-state index contributed by atoms with van der Waals surface area (Å²) in [7, 11) is 0. The van der Waals surface area contributed by atoms with Crippen molar-refractivity contribution in [3.63, 3.8) is 0 Å². The maximum atomic E-state index is 12.2. The Balaban J connectivity index is 1.87. The second kappa shape index (κ2) is 6.05. The molecule has 3 rings (SSSR count). The molecule has 2 aliphatic carbocycles. The summed E-state index contributed by atoms with van der Waals surface area (Å²) in [5.74, 6) is 0.378. The highest BCUT2D eigenvalue weighted by Gasteiger charge is 2.54. The highest BCUT2D eigenvalue weighted by atomic mass is 16.6. The molecule has 24 heavy (non-hydrogen) atoms. The average molecular weight is 332 g/mol. The van der Waals surface area contributed by atoms with E-state index < -0.39 is 0 Å². The molecule has 5 atom stereocenters. The van der Waals surface area contributed by atoms with Gasteiger partial charge in [0.2, 0.25) is 0 Å². The first-order valence-electron chi connectivity index (χ1n) is 9.02. The van der Waals surface area contributed by atoms with Crippen LogP contribution in [0.1, 0.15) is 60.3 Å². The number of esters is 2. The van der Waals surface area contributed by atoms with Gasteiger partial charge < -0.3 is 9.47 Å². The summed E-state index contributed by atoms with van der Waals surface area (Å²) in [6, 6.07) is 0. The first kappa shape index (κ1) is 17.2. The molecule has 3 aliphatic rings. The van der Waals surface area contributed by atoms with E-state index in [1.807, 2.05) is 13.8 Å². The second-order valence-electron chi connectivity index (χ2n) is 7.96. The number of rotatable bonds is 2. The first-order chi connectivity index (χ1) is 11.3. The van der Waals surface area contributed by atoms with Crippen LogP contribution in [0.5, 0.6) is 0 Å². The number of hydrogen-bond donors (Lipinski definition) is 0. The van der Waals surface area contributed by atoms with E-state index in [0.717, 1.165) is 31.3 Å². The van der Waals surface area contributed by atoms with Crippen molar-refractivity contribution in [3.8, 4) is 0 Å². The molecule has 2 saturated carbocycles. The van der Waals surface area contributed by atoms with E-state index in [2.05, 4.69) is 13.8 Å². The minimum absolute atomic E-state index is 0.0497. The highest BCUT2D eigenvalue weighted by Crippen LogP contribution is 2.57. The van der Waals surface area contributed by atoms with E-state index in [9.17, 15) is 9.59 Å². The van der Waals surface area contributed by atoms with Gasteiger partial charge in [0.15, 0.2) is 0 Å². The van der Waals surface area contributed by atoms with Crippen LogP contribution in [-0.2, 0) is 19.1 Å². The van der Waals surface area contributed by atoms with Crippen molar-refractivity contribution in [1.82, 2.24) is 0 Å². The SMILES string of the molecule is C/C=C(/C)C(=O)O[C@H]1CC[C@H](C)[C@@]2(C)CC3=C(C)C(=O)O[C@H]3C[C@@H]12. The summed E-state index contributed by atoms with van der Waals surface area (Å²) >= 11 is 0. The lowest BCUT2D eigenvalue weighted by molar-refractivity contribution is -0.163. The van der Waals surface area contributed by atoms with Crippen molar-refractivity contribution < 1.29 is 19.1 Å². The molecule has 132 valence electrons. The minimum Gasteiger partial charge on any atom is -0.459 e. The molecule has 0 aromatic carbocycles. The van der Waals surface area contributed by atoms with E-state index in [1.54, 1.807) is 13.0 Å². The third-order valence-corrected chi connectivity index (χ3v) is 6.78. The van der Waals surface area contributed by atoms with E-state index in [1.165, 1.54) is 5.57 Å². The quantitative estimate of drug-likeness (QED) is 0.567. The largest absolute Gasteiger partial charge is 0.459 e. The molecule has 0 saturated heterocycles. The Morgan fingerprint density at radius 2 is 2.08 bits per heavy atom. The Bertz CT molecular complexity index is 630. The van der Waals surface area contributed by atoms with Crippen molar-refractivity contribution in [3.05, 3.63) is 22.8 Å². The van der Waals surface area contributed by atoms with E-state index >= 15 is 0 Å². The van der Waals surface area contributed by atoms with Crippen LogP contribution in [-0.4, -0.2) is 24.1 Å². The Kier molecular flexibility index (Phi) is 4.35. The lowest BCUT2D eigenvalue weighted by atomic mass is 9.53. The predicted octanol–water partition coefficient (Wildman–Crippen LogP) is 3.95. The summed E-state index contributed by atoms with van der Waals surface area (Å²) in [6.07, 6.45) is 5.16. The number of carbonyl (C=O) groups excluding carboxylic acids is 2. The lowest BCUT2D eigenvalue weighted by Crippen LogP contribution is -2.51. The van der Waals surface area contributed by atoms with Gasteiger partial charge in [-0.15, -0.1) is 0 Å². The van der Waals surface area contributed by atoms with E-state index in [-0.39, 0.29) is 35.5 Å². The molecule has 4 nitrogen and oxygen atoms in total. The molecule has 4 heteroatoms. The highest BCUT2D eigenvalue weighted by molar-refractivity contribution is 5.91. The molecule has 1 heterocycles. The van der Waals surface area contributed by atoms with Crippen LogP contribution in [0, 0.1) is 17.3 Å². The summed E-state index contributed by atoms with van der Waals surface area (Å²) in [4.78, 5) is 24.2. The van der Waals surface area contributed by atoms with Gasteiger partial charge in [0.1, 0.15) is 12.2 Å². The smallest absolute Gasteiger partial charge is 0.334 e. The Labute approximate surface area is 144 Å². The van der Waals surface area contributed by atoms with Crippen molar-refractivity contribution >= 4 is 11.9 Å². The summed E-state index contributed by atoms with van der Waals surface area (Å²) in [5, 5.41) is 0. The van der Waals surface area contributed by atoms with Crippen molar-refractivity contribution in [1.29, 1.82) is 0 Å². The first-order valence-corrected chi connectivity index (χ1v) is 9.02. The zero-order chi connectivity index (χ0) is 17.6. The summed E-state index contributed by atoms with van der Waals surface area (Å²) in [6.45, 7) is 10.1.